The second kappa shape index (κ2) is 4.77. The molecule has 0 aliphatic carbocycles. The van der Waals surface area contributed by atoms with Crippen molar-refractivity contribution >= 4 is 28.6 Å². The number of aliphatic carboxylic acids is 1. The van der Waals surface area contributed by atoms with Crippen molar-refractivity contribution in [3.8, 4) is 0 Å². The Hall–Kier alpha value is -0.860. The van der Waals surface area contributed by atoms with E-state index in [1.807, 2.05) is 0 Å². The first-order valence-corrected chi connectivity index (χ1v) is 4.84. The maximum absolute atomic E-state index is 12.8. The molecule has 1 aromatic heterocycles. The minimum Gasteiger partial charge on any atom is -0.481 e. The standard InChI is InChI=1S/C8H5F3INO2/c9-4-1-3(2-5(14)15)6(12)7(13-4)8(10)11/h1,8H,2H2,(H,14,15). The average Bonchev–Trinajstić information content (AvgIpc) is 2.09. The third-order valence-corrected chi connectivity index (χ3v) is 2.82. The normalized spacial score (nSPS) is 10.7. The number of carboxylic acid groups (broad SMARTS) is 1. The van der Waals surface area contributed by atoms with Gasteiger partial charge in [-0.3, -0.25) is 4.79 Å². The van der Waals surface area contributed by atoms with Crippen molar-refractivity contribution in [2.75, 3.05) is 0 Å². The summed E-state index contributed by atoms with van der Waals surface area (Å²) in [6, 6.07) is 0.849. The summed E-state index contributed by atoms with van der Waals surface area (Å²) in [5, 5.41) is 8.48. The van der Waals surface area contributed by atoms with Crippen molar-refractivity contribution in [1.29, 1.82) is 0 Å². The van der Waals surface area contributed by atoms with E-state index in [-0.39, 0.29) is 9.13 Å². The zero-order chi connectivity index (χ0) is 11.6. The number of aromatic nitrogens is 1. The third-order valence-electron chi connectivity index (χ3n) is 1.58. The zero-order valence-electron chi connectivity index (χ0n) is 7.18. The van der Waals surface area contributed by atoms with E-state index in [1.54, 1.807) is 0 Å². The molecular weight excluding hydrogens is 326 g/mol. The van der Waals surface area contributed by atoms with Crippen molar-refractivity contribution in [2.45, 2.75) is 12.8 Å². The van der Waals surface area contributed by atoms with E-state index in [0.717, 1.165) is 6.07 Å². The topological polar surface area (TPSA) is 50.2 Å². The highest BCUT2D eigenvalue weighted by Gasteiger charge is 2.19. The van der Waals surface area contributed by atoms with E-state index in [4.69, 9.17) is 5.11 Å². The molecule has 7 heteroatoms. The van der Waals surface area contributed by atoms with Crippen molar-refractivity contribution < 1.29 is 23.1 Å². The number of pyridine rings is 1. The molecule has 0 atom stereocenters. The van der Waals surface area contributed by atoms with Crippen molar-refractivity contribution in [3.63, 3.8) is 0 Å². The molecule has 15 heavy (non-hydrogen) atoms. The third kappa shape index (κ3) is 3.05. The monoisotopic (exact) mass is 331 g/mol. The van der Waals surface area contributed by atoms with Crippen molar-refractivity contribution in [2.24, 2.45) is 0 Å². The lowest BCUT2D eigenvalue weighted by Crippen LogP contribution is -2.07. The quantitative estimate of drug-likeness (QED) is 0.684. The Labute approximate surface area is 96.5 Å². The summed E-state index contributed by atoms with van der Waals surface area (Å²) in [5.41, 5.74) is -0.710. The van der Waals surface area contributed by atoms with Crippen LogP contribution in [-0.4, -0.2) is 16.1 Å². The zero-order valence-corrected chi connectivity index (χ0v) is 9.33. The van der Waals surface area contributed by atoms with Gasteiger partial charge in [0, 0.05) is 3.57 Å². The van der Waals surface area contributed by atoms with Crippen LogP contribution in [0, 0.1) is 9.52 Å². The fraction of sp³-hybridized carbons (Fsp3) is 0.250. The summed E-state index contributed by atoms with van der Waals surface area (Å²) in [6.45, 7) is 0. The van der Waals surface area contributed by atoms with Crippen LogP contribution >= 0.6 is 22.6 Å². The van der Waals surface area contributed by atoms with E-state index >= 15 is 0 Å². The van der Waals surface area contributed by atoms with Gasteiger partial charge in [0.1, 0.15) is 5.69 Å². The second-order valence-corrected chi connectivity index (χ2v) is 3.75. The molecule has 0 aliphatic heterocycles. The minimum absolute atomic E-state index is 0.00546. The largest absolute Gasteiger partial charge is 0.481 e. The van der Waals surface area contributed by atoms with Crippen molar-refractivity contribution in [1.82, 2.24) is 4.98 Å². The molecule has 0 aliphatic rings. The summed E-state index contributed by atoms with van der Waals surface area (Å²) in [5.74, 6) is -2.30. The molecule has 0 aromatic carbocycles. The lowest BCUT2D eigenvalue weighted by molar-refractivity contribution is -0.136. The van der Waals surface area contributed by atoms with Gasteiger partial charge >= 0.3 is 5.97 Å². The average molecular weight is 331 g/mol. The maximum Gasteiger partial charge on any atom is 0.307 e. The predicted octanol–water partition coefficient (Wildman–Crippen LogP) is 2.39. The fourth-order valence-electron chi connectivity index (χ4n) is 1.00. The number of carbonyl (C=O) groups is 1. The number of halogens is 4. The van der Waals surface area contributed by atoms with Gasteiger partial charge in [-0.25, -0.2) is 13.8 Å². The number of hydrogen-bond donors (Lipinski definition) is 1. The number of rotatable bonds is 3. The van der Waals surface area contributed by atoms with E-state index in [2.05, 4.69) is 4.98 Å². The van der Waals surface area contributed by atoms with E-state index in [1.165, 1.54) is 22.6 Å². The van der Waals surface area contributed by atoms with Gasteiger partial charge in [0.2, 0.25) is 5.95 Å². The molecule has 0 spiro atoms. The predicted molar refractivity (Wildman–Crippen MR) is 53.2 cm³/mol. The Morgan fingerprint density at radius 2 is 2.20 bits per heavy atom. The van der Waals surface area contributed by atoms with E-state index < -0.39 is 30.5 Å². The second-order valence-electron chi connectivity index (χ2n) is 2.67. The molecule has 1 aromatic rings. The lowest BCUT2D eigenvalue weighted by Gasteiger charge is -2.07. The molecule has 0 fully saturated rings. The van der Waals surface area contributed by atoms with Crippen LogP contribution < -0.4 is 0 Å². The van der Waals surface area contributed by atoms with Crippen LogP contribution in [0.4, 0.5) is 13.2 Å². The van der Waals surface area contributed by atoms with Gasteiger partial charge in [-0.2, -0.15) is 4.39 Å². The molecular formula is C8H5F3INO2. The molecule has 3 nitrogen and oxygen atoms in total. The highest BCUT2D eigenvalue weighted by Crippen LogP contribution is 2.25. The van der Waals surface area contributed by atoms with Gasteiger partial charge < -0.3 is 5.11 Å². The van der Waals surface area contributed by atoms with Gasteiger partial charge in [-0.1, -0.05) is 0 Å². The minimum atomic E-state index is -2.92. The lowest BCUT2D eigenvalue weighted by atomic mass is 10.1. The summed E-state index contributed by atoms with van der Waals surface area (Å²) in [4.78, 5) is 13.4. The van der Waals surface area contributed by atoms with Gasteiger partial charge in [0.05, 0.1) is 6.42 Å². The first-order valence-electron chi connectivity index (χ1n) is 3.76. The summed E-state index contributed by atoms with van der Waals surface area (Å²) >= 11 is 1.53. The first-order chi connectivity index (χ1) is 6.91. The highest BCUT2D eigenvalue weighted by atomic mass is 127. The molecule has 82 valence electrons. The molecule has 0 radical (unpaired) electrons. The summed E-state index contributed by atoms with van der Waals surface area (Å²) in [7, 11) is 0. The van der Waals surface area contributed by atoms with Crippen LogP contribution in [0.25, 0.3) is 0 Å². The number of alkyl halides is 2. The molecule has 1 rings (SSSR count). The van der Waals surface area contributed by atoms with Gasteiger partial charge in [-0.15, -0.1) is 0 Å². The Bertz CT molecular complexity index is 398. The van der Waals surface area contributed by atoms with Crippen molar-refractivity contribution in [3.05, 3.63) is 26.8 Å². The van der Waals surface area contributed by atoms with Crippen LogP contribution in [0.15, 0.2) is 6.07 Å². The van der Waals surface area contributed by atoms with E-state index in [0.29, 0.717) is 0 Å². The van der Waals surface area contributed by atoms with Crippen LogP contribution in [0.5, 0.6) is 0 Å². The van der Waals surface area contributed by atoms with Gasteiger partial charge in [0.15, 0.2) is 0 Å². The van der Waals surface area contributed by atoms with Crippen LogP contribution in [0.3, 0.4) is 0 Å². The molecule has 0 unspecified atom stereocenters. The Balaban J connectivity index is 3.21. The molecule has 0 amide bonds. The van der Waals surface area contributed by atoms with Crippen LogP contribution in [-0.2, 0) is 11.2 Å². The maximum atomic E-state index is 12.8. The smallest absolute Gasteiger partial charge is 0.307 e. The van der Waals surface area contributed by atoms with Gasteiger partial charge in [-0.05, 0) is 34.2 Å². The highest BCUT2D eigenvalue weighted by molar-refractivity contribution is 14.1. The number of carboxylic acids is 1. The SMILES string of the molecule is O=C(O)Cc1cc(F)nc(C(F)F)c1I. The summed E-state index contributed by atoms with van der Waals surface area (Å²) < 4.78 is 37.5. The Morgan fingerprint density at radius 3 is 2.67 bits per heavy atom. The number of nitrogens with zero attached hydrogens (tertiary/aromatic N) is 1. The van der Waals surface area contributed by atoms with E-state index in [9.17, 15) is 18.0 Å². The molecule has 0 bridgehead atoms. The molecule has 1 N–H and O–H groups in total. The van der Waals surface area contributed by atoms with Crippen LogP contribution in [0.2, 0.25) is 0 Å². The fourth-order valence-corrected chi connectivity index (χ4v) is 1.71. The molecule has 0 saturated carbocycles. The molecule has 0 saturated heterocycles. The summed E-state index contributed by atoms with van der Waals surface area (Å²) in [6.07, 6.45) is -3.42. The molecule has 1 heterocycles. The Morgan fingerprint density at radius 1 is 1.60 bits per heavy atom. The van der Waals surface area contributed by atoms with Crippen LogP contribution in [0.1, 0.15) is 17.7 Å². The Kier molecular flexibility index (Phi) is 3.89. The van der Waals surface area contributed by atoms with Gasteiger partial charge in [0.25, 0.3) is 6.43 Å². The first kappa shape index (κ1) is 12.2. The number of hydrogen-bond acceptors (Lipinski definition) is 2.